The van der Waals surface area contributed by atoms with E-state index in [9.17, 15) is 9.59 Å². The predicted molar refractivity (Wildman–Crippen MR) is 95.0 cm³/mol. The van der Waals surface area contributed by atoms with Crippen LogP contribution in [0.1, 0.15) is 27.6 Å². The van der Waals surface area contributed by atoms with Gasteiger partial charge >= 0.3 is 5.97 Å². The van der Waals surface area contributed by atoms with Crippen LogP contribution in [0.15, 0.2) is 42.5 Å². The van der Waals surface area contributed by atoms with Crippen LogP contribution >= 0.6 is 22.9 Å². The average molecular weight is 361 g/mol. The van der Waals surface area contributed by atoms with Gasteiger partial charge in [0.25, 0.3) is 5.91 Å². The van der Waals surface area contributed by atoms with Crippen LogP contribution in [-0.2, 0) is 4.74 Å². The predicted octanol–water partition coefficient (Wildman–Crippen LogP) is 4.38. The van der Waals surface area contributed by atoms with E-state index >= 15 is 0 Å². The highest BCUT2D eigenvalue weighted by atomic mass is 35.5. The summed E-state index contributed by atoms with van der Waals surface area (Å²) in [6.45, 7) is 2.08. The average Bonchev–Trinajstić information content (AvgIpc) is 2.96. The smallest absolute Gasteiger partial charge is 0.338 e. The minimum Gasteiger partial charge on any atom is -0.462 e. The molecule has 0 saturated heterocycles. The first-order valence-corrected chi connectivity index (χ1v) is 8.41. The Bertz CT molecular complexity index is 923. The van der Waals surface area contributed by atoms with Gasteiger partial charge in [-0.15, -0.1) is 0 Å². The van der Waals surface area contributed by atoms with Gasteiger partial charge in [-0.1, -0.05) is 29.0 Å². The van der Waals surface area contributed by atoms with Crippen molar-refractivity contribution in [2.24, 2.45) is 0 Å². The zero-order chi connectivity index (χ0) is 17.1. The Hall–Kier alpha value is -2.44. The first-order valence-electron chi connectivity index (χ1n) is 7.21. The maximum absolute atomic E-state index is 12.2. The fourth-order valence-electron chi connectivity index (χ4n) is 2.12. The monoisotopic (exact) mass is 360 g/mol. The number of fused-ring (bicyclic) bond motifs is 1. The van der Waals surface area contributed by atoms with Crippen molar-refractivity contribution in [3.8, 4) is 0 Å². The van der Waals surface area contributed by atoms with Crippen molar-refractivity contribution in [2.75, 3.05) is 11.9 Å². The summed E-state index contributed by atoms with van der Waals surface area (Å²) in [5.41, 5.74) is 1.61. The van der Waals surface area contributed by atoms with Crippen molar-refractivity contribution in [1.82, 2.24) is 4.98 Å². The second-order valence-corrected chi connectivity index (χ2v) is 6.35. The molecular formula is C17H13ClN2O3S. The number of nitrogens with zero attached hydrogens (tertiary/aromatic N) is 1. The Balaban J connectivity index is 1.83. The summed E-state index contributed by atoms with van der Waals surface area (Å²) in [6.07, 6.45) is 0. The summed E-state index contributed by atoms with van der Waals surface area (Å²) < 4.78 is 5.77. The van der Waals surface area contributed by atoms with Crippen molar-refractivity contribution in [3.63, 3.8) is 0 Å². The summed E-state index contributed by atoms with van der Waals surface area (Å²) in [7, 11) is 0. The molecule has 1 heterocycles. The Kier molecular flexibility index (Phi) is 4.78. The number of halogens is 1. The van der Waals surface area contributed by atoms with E-state index in [1.165, 1.54) is 11.3 Å². The Morgan fingerprint density at radius 1 is 1.21 bits per heavy atom. The van der Waals surface area contributed by atoms with E-state index in [4.69, 9.17) is 16.3 Å². The maximum Gasteiger partial charge on any atom is 0.338 e. The van der Waals surface area contributed by atoms with E-state index in [-0.39, 0.29) is 11.9 Å². The van der Waals surface area contributed by atoms with Crippen LogP contribution in [0.2, 0.25) is 5.02 Å². The van der Waals surface area contributed by atoms with Crippen LogP contribution < -0.4 is 5.32 Å². The molecule has 122 valence electrons. The minimum atomic E-state index is -0.377. The second kappa shape index (κ2) is 6.98. The van der Waals surface area contributed by atoms with Gasteiger partial charge < -0.3 is 4.74 Å². The van der Waals surface area contributed by atoms with Gasteiger partial charge in [0.15, 0.2) is 5.13 Å². The van der Waals surface area contributed by atoms with Gasteiger partial charge in [-0.25, -0.2) is 9.78 Å². The first kappa shape index (κ1) is 16.4. The fourth-order valence-corrected chi connectivity index (χ4v) is 3.21. The molecule has 0 saturated carbocycles. The lowest BCUT2D eigenvalue weighted by Crippen LogP contribution is -2.11. The van der Waals surface area contributed by atoms with Gasteiger partial charge in [-0.3, -0.25) is 10.1 Å². The number of ether oxygens (including phenoxy) is 1. The van der Waals surface area contributed by atoms with Crippen molar-refractivity contribution in [2.45, 2.75) is 6.92 Å². The molecule has 0 aliphatic heterocycles. The molecule has 5 nitrogen and oxygen atoms in total. The standard InChI is InChI=1S/C17H13ClN2O3S/c1-2-23-16(22)11-6-7-13-14(9-11)24-17(19-13)20-15(21)10-4-3-5-12(18)8-10/h3-9H,2H2,1H3,(H,19,20,21). The number of hydrogen-bond acceptors (Lipinski definition) is 5. The molecule has 0 aliphatic rings. The molecule has 24 heavy (non-hydrogen) atoms. The molecular weight excluding hydrogens is 348 g/mol. The molecule has 1 N–H and O–H groups in total. The number of nitrogens with one attached hydrogen (secondary N) is 1. The molecule has 1 amide bonds. The number of hydrogen-bond donors (Lipinski definition) is 1. The molecule has 0 aliphatic carbocycles. The molecule has 1 aromatic heterocycles. The minimum absolute atomic E-state index is 0.290. The molecule has 0 radical (unpaired) electrons. The Labute approximate surface area is 147 Å². The van der Waals surface area contributed by atoms with Crippen LogP contribution in [-0.4, -0.2) is 23.5 Å². The zero-order valence-electron chi connectivity index (χ0n) is 12.7. The highest BCUT2D eigenvalue weighted by Crippen LogP contribution is 2.27. The molecule has 3 rings (SSSR count). The van der Waals surface area contributed by atoms with Crippen LogP contribution in [0.5, 0.6) is 0 Å². The van der Waals surface area contributed by atoms with Crippen LogP contribution in [0.3, 0.4) is 0 Å². The third-order valence-corrected chi connectivity index (χ3v) is 4.38. The normalized spacial score (nSPS) is 10.6. The summed E-state index contributed by atoms with van der Waals surface area (Å²) in [4.78, 5) is 28.3. The number of anilines is 1. The number of amides is 1. The lowest BCUT2D eigenvalue weighted by molar-refractivity contribution is 0.0526. The van der Waals surface area contributed by atoms with Crippen molar-refractivity contribution < 1.29 is 14.3 Å². The molecule has 0 bridgehead atoms. The molecule has 0 fully saturated rings. The Morgan fingerprint density at radius 3 is 2.79 bits per heavy atom. The highest BCUT2D eigenvalue weighted by Gasteiger charge is 2.13. The van der Waals surface area contributed by atoms with E-state index in [0.29, 0.717) is 33.4 Å². The molecule has 0 unspecified atom stereocenters. The fraction of sp³-hybridized carbons (Fsp3) is 0.118. The van der Waals surface area contributed by atoms with Crippen LogP contribution in [0.25, 0.3) is 10.2 Å². The SMILES string of the molecule is CCOC(=O)c1ccc2nc(NC(=O)c3cccc(Cl)c3)sc2c1. The Morgan fingerprint density at radius 2 is 2.04 bits per heavy atom. The number of benzene rings is 2. The van der Waals surface area contributed by atoms with Crippen molar-refractivity contribution >= 4 is 50.2 Å². The van der Waals surface area contributed by atoms with Gasteiger partial charge in [0.1, 0.15) is 0 Å². The van der Waals surface area contributed by atoms with Crippen LogP contribution in [0, 0.1) is 0 Å². The largest absolute Gasteiger partial charge is 0.462 e. The summed E-state index contributed by atoms with van der Waals surface area (Å²) in [6, 6.07) is 11.8. The number of thiazole rings is 1. The quantitative estimate of drug-likeness (QED) is 0.701. The molecule has 7 heteroatoms. The van der Waals surface area contributed by atoms with Crippen molar-refractivity contribution in [1.29, 1.82) is 0 Å². The molecule has 2 aromatic carbocycles. The third-order valence-electron chi connectivity index (χ3n) is 3.21. The highest BCUT2D eigenvalue weighted by molar-refractivity contribution is 7.22. The third kappa shape index (κ3) is 3.55. The summed E-state index contributed by atoms with van der Waals surface area (Å²) >= 11 is 7.18. The molecule has 0 atom stereocenters. The van der Waals surface area contributed by atoms with E-state index in [1.54, 1.807) is 49.4 Å². The number of esters is 1. The molecule has 3 aromatic rings. The van der Waals surface area contributed by atoms with Crippen LogP contribution in [0.4, 0.5) is 5.13 Å². The van der Waals surface area contributed by atoms with E-state index in [1.807, 2.05) is 0 Å². The maximum atomic E-state index is 12.2. The van der Waals surface area contributed by atoms with Gasteiger partial charge in [0, 0.05) is 10.6 Å². The second-order valence-electron chi connectivity index (χ2n) is 4.89. The lowest BCUT2D eigenvalue weighted by atomic mass is 10.2. The number of carbonyl (C=O) groups is 2. The van der Waals surface area contributed by atoms with Gasteiger partial charge in [-0.05, 0) is 43.3 Å². The number of rotatable bonds is 4. The molecule has 0 spiro atoms. The summed E-state index contributed by atoms with van der Waals surface area (Å²) in [5, 5.41) is 3.69. The number of carbonyl (C=O) groups excluding carboxylic acids is 2. The van der Waals surface area contributed by atoms with E-state index in [2.05, 4.69) is 10.3 Å². The number of aromatic nitrogens is 1. The first-order chi connectivity index (χ1) is 11.6. The lowest BCUT2D eigenvalue weighted by Gasteiger charge is -2.01. The zero-order valence-corrected chi connectivity index (χ0v) is 14.3. The van der Waals surface area contributed by atoms with Gasteiger partial charge in [0.05, 0.1) is 22.4 Å². The summed E-state index contributed by atoms with van der Waals surface area (Å²) in [5.74, 6) is -0.667. The van der Waals surface area contributed by atoms with Crippen molar-refractivity contribution in [3.05, 3.63) is 58.6 Å². The van der Waals surface area contributed by atoms with Gasteiger partial charge in [0.2, 0.25) is 0 Å². The van der Waals surface area contributed by atoms with Gasteiger partial charge in [-0.2, -0.15) is 0 Å². The van der Waals surface area contributed by atoms with E-state index in [0.717, 1.165) is 4.70 Å². The topological polar surface area (TPSA) is 68.3 Å². The van der Waals surface area contributed by atoms with E-state index < -0.39 is 0 Å².